The van der Waals surface area contributed by atoms with E-state index in [1.54, 1.807) is 6.20 Å². The SMILES string of the molecule is CC(Nc1nc2cn[n+](Cc3cc(-c4ccc(C(F)(F)F)cc4C(F)(F)F)no3)cc2[nH]1)c1ccccc1. The van der Waals surface area contributed by atoms with Gasteiger partial charge in [0.1, 0.15) is 22.9 Å². The molecule has 38 heavy (non-hydrogen) atoms. The van der Waals surface area contributed by atoms with Crippen molar-refractivity contribution in [1.29, 1.82) is 0 Å². The summed E-state index contributed by atoms with van der Waals surface area (Å²) in [5.41, 5.74) is -1.33. The van der Waals surface area contributed by atoms with Crippen LogP contribution in [0.1, 0.15) is 35.4 Å². The van der Waals surface area contributed by atoms with Crippen LogP contribution in [0.3, 0.4) is 0 Å². The van der Waals surface area contributed by atoms with Gasteiger partial charge in [-0.1, -0.05) is 46.2 Å². The molecule has 0 aliphatic carbocycles. The van der Waals surface area contributed by atoms with Crippen LogP contribution in [0, 0.1) is 0 Å². The summed E-state index contributed by atoms with van der Waals surface area (Å²) in [5.74, 6) is 0.681. The zero-order valence-corrected chi connectivity index (χ0v) is 19.6. The van der Waals surface area contributed by atoms with E-state index < -0.39 is 29.0 Å². The largest absolute Gasteiger partial charge is 0.417 e. The van der Waals surface area contributed by atoms with Crippen LogP contribution in [0.2, 0.25) is 0 Å². The van der Waals surface area contributed by atoms with Crippen molar-refractivity contribution in [2.75, 3.05) is 5.32 Å². The third-order valence-electron chi connectivity index (χ3n) is 5.83. The Bertz CT molecular complexity index is 1580. The molecular formula is C25H19F6N6O+. The van der Waals surface area contributed by atoms with Gasteiger partial charge >= 0.3 is 12.4 Å². The molecule has 196 valence electrons. The van der Waals surface area contributed by atoms with Gasteiger partial charge in [0, 0.05) is 11.6 Å². The molecule has 1 unspecified atom stereocenters. The molecule has 2 aromatic carbocycles. The van der Waals surface area contributed by atoms with E-state index in [1.165, 1.54) is 16.9 Å². The van der Waals surface area contributed by atoms with E-state index in [0.29, 0.717) is 23.0 Å². The third-order valence-corrected chi connectivity index (χ3v) is 5.83. The topological polar surface area (TPSA) is 83.5 Å². The fourth-order valence-corrected chi connectivity index (χ4v) is 3.95. The lowest BCUT2D eigenvalue weighted by Gasteiger charge is -2.14. The molecule has 13 heteroatoms. The van der Waals surface area contributed by atoms with Crippen LogP contribution in [-0.4, -0.2) is 20.2 Å². The maximum atomic E-state index is 13.5. The van der Waals surface area contributed by atoms with Crippen LogP contribution in [0.5, 0.6) is 0 Å². The van der Waals surface area contributed by atoms with Gasteiger partial charge in [-0.3, -0.25) is 0 Å². The van der Waals surface area contributed by atoms with E-state index in [0.717, 1.165) is 11.6 Å². The predicted molar refractivity (Wildman–Crippen MR) is 124 cm³/mol. The average Bonchev–Trinajstić information content (AvgIpc) is 3.49. The summed E-state index contributed by atoms with van der Waals surface area (Å²) in [6.45, 7) is 2.00. The first-order valence-corrected chi connectivity index (χ1v) is 11.3. The second-order valence-corrected chi connectivity index (χ2v) is 8.57. The molecule has 5 rings (SSSR count). The number of nitrogens with one attached hydrogen (secondary N) is 2. The van der Waals surface area contributed by atoms with Gasteiger partial charge in [-0.2, -0.15) is 26.3 Å². The molecule has 1 atom stereocenters. The van der Waals surface area contributed by atoms with E-state index in [-0.39, 0.29) is 30.1 Å². The second-order valence-electron chi connectivity index (χ2n) is 8.57. The van der Waals surface area contributed by atoms with Gasteiger partial charge in [0.15, 0.2) is 0 Å². The summed E-state index contributed by atoms with van der Waals surface area (Å²) < 4.78 is 86.1. The molecule has 0 amide bonds. The standard InChI is InChI=1S/C25H18F6N6O/c1-14(15-5-3-2-4-6-15)33-23-34-21-11-32-37(13-22(21)35-23)12-17-10-20(36-38-17)18-8-7-16(24(26,27)28)9-19(18)25(29,30)31/h2-11,13-14H,12H2,1H3,(H,33,35)/p+1. The molecule has 0 saturated carbocycles. The van der Waals surface area contributed by atoms with Crippen LogP contribution >= 0.6 is 0 Å². The number of fused-ring (bicyclic) bond motifs is 1. The van der Waals surface area contributed by atoms with Crippen LogP contribution in [-0.2, 0) is 18.9 Å². The molecule has 3 heterocycles. The molecule has 0 saturated heterocycles. The van der Waals surface area contributed by atoms with Crippen molar-refractivity contribution >= 4 is 17.0 Å². The molecule has 0 spiro atoms. The number of hydrogen-bond acceptors (Lipinski definition) is 5. The van der Waals surface area contributed by atoms with Crippen LogP contribution < -0.4 is 10.00 Å². The number of nitrogens with zero attached hydrogens (tertiary/aromatic N) is 4. The van der Waals surface area contributed by atoms with Gasteiger partial charge in [0.05, 0.1) is 17.2 Å². The summed E-state index contributed by atoms with van der Waals surface area (Å²) in [6, 6.07) is 12.4. The lowest BCUT2D eigenvalue weighted by atomic mass is 10.0. The Morgan fingerprint density at radius 1 is 1.00 bits per heavy atom. The number of rotatable bonds is 6. The normalized spacial score (nSPS) is 13.1. The van der Waals surface area contributed by atoms with Gasteiger partial charge in [-0.15, -0.1) is 0 Å². The van der Waals surface area contributed by atoms with Crippen molar-refractivity contribution in [3.63, 3.8) is 0 Å². The Balaban J connectivity index is 1.36. The average molecular weight is 533 g/mol. The molecule has 3 aromatic heterocycles. The molecule has 5 aromatic rings. The quantitative estimate of drug-likeness (QED) is 0.202. The number of anilines is 1. The fourth-order valence-electron chi connectivity index (χ4n) is 3.95. The van der Waals surface area contributed by atoms with Crippen molar-refractivity contribution in [1.82, 2.24) is 20.2 Å². The number of hydrogen-bond donors (Lipinski definition) is 2. The van der Waals surface area contributed by atoms with Gasteiger partial charge in [-0.25, -0.2) is 4.98 Å². The summed E-state index contributed by atoms with van der Waals surface area (Å²) in [7, 11) is 0. The summed E-state index contributed by atoms with van der Waals surface area (Å²) in [5, 5.41) is 11.2. The lowest BCUT2D eigenvalue weighted by molar-refractivity contribution is -0.746. The van der Waals surface area contributed by atoms with Crippen molar-refractivity contribution in [3.8, 4) is 11.3 Å². The minimum absolute atomic E-state index is 0.00707. The molecule has 7 nitrogen and oxygen atoms in total. The molecule has 0 aliphatic rings. The molecule has 0 bridgehead atoms. The maximum absolute atomic E-state index is 13.5. The Hall–Kier alpha value is -4.42. The van der Waals surface area contributed by atoms with Crippen LogP contribution in [0.15, 0.2) is 71.5 Å². The Kier molecular flexibility index (Phi) is 6.29. The molecule has 0 aliphatic heterocycles. The van der Waals surface area contributed by atoms with Gasteiger partial charge in [-0.05, 0) is 29.7 Å². The minimum atomic E-state index is -5.03. The van der Waals surface area contributed by atoms with E-state index in [9.17, 15) is 26.3 Å². The van der Waals surface area contributed by atoms with E-state index in [2.05, 4.69) is 25.5 Å². The number of H-pyrrole nitrogens is 1. The Morgan fingerprint density at radius 3 is 2.47 bits per heavy atom. The van der Waals surface area contributed by atoms with E-state index >= 15 is 0 Å². The number of benzene rings is 2. The smallest absolute Gasteiger partial charge is 0.354 e. The number of alkyl halides is 6. The first-order chi connectivity index (χ1) is 18.0. The molecule has 2 N–H and O–H groups in total. The highest BCUT2D eigenvalue weighted by Crippen LogP contribution is 2.40. The zero-order valence-electron chi connectivity index (χ0n) is 19.6. The van der Waals surface area contributed by atoms with E-state index in [4.69, 9.17) is 4.52 Å². The Morgan fingerprint density at radius 2 is 1.76 bits per heavy atom. The lowest BCUT2D eigenvalue weighted by Crippen LogP contribution is -2.37. The summed E-state index contributed by atoms with van der Waals surface area (Å²) >= 11 is 0. The highest BCUT2D eigenvalue weighted by atomic mass is 19.4. The molecule has 0 radical (unpaired) electrons. The zero-order chi connectivity index (χ0) is 27.1. The fraction of sp³-hybridized carbons (Fsp3) is 0.200. The molecule has 0 fully saturated rings. The first kappa shape index (κ1) is 25.2. The number of halogens is 6. The van der Waals surface area contributed by atoms with Crippen LogP contribution in [0.25, 0.3) is 22.3 Å². The van der Waals surface area contributed by atoms with Crippen molar-refractivity contribution < 1.29 is 35.5 Å². The highest BCUT2D eigenvalue weighted by Gasteiger charge is 2.39. The summed E-state index contributed by atoms with van der Waals surface area (Å²) in [4.78, 5) is 7.61. The minimum Gasteiger partial charge on any atom is -0.354 e. The van der Waals surface area contributed by atoms with Gasteiger partial charge in [0.2, 0.25) is 24.5 Å². The van der Waals surface area contributed by atoms with Crippen molar-refractivity contribution in [2.24, 2.45) is 0 Å². The predicted octanol–water partition coefficient (Wildman–Crippen LogP) is 6.16. The number of imidazole rings is 1. The van der Waals surface area contributed by atoms with Crippen molar-refractivity contribution in [2.45, 2.75) is 31.9 Å². The Labute approximate surface area is 211 Å². The van der Waals surface area contributed by atoms with Crippen LogP contribution in [0.4, 0.5) is 32.3 Å². The first-order valence-electron chi connectivity index (χ1n) is 11.3. The van der Waals surface area contributed by atoms with Gasteiger partial charge in [0.25, 0.3) is 0 Å². The number of aromatic amines is 1. The van der Waals surface area contributed by atoms with Gasteiger partial charge < -0.3 is 14.8 Å². The summed E-state index contributed by atoms with van der Waals surface area (Å²) in [6.07, 6.45) is -6.79. The third kappa shape index (κ3) is 5.31. The maximum Gasteiger partial charge on any atom is 0.417 e. The van der Waals surface area contributed by atoms with Crippen molar-refractivity contribution in [3.05, 3.63) is 89.4 Å². The monoisotopic (exact) mass is 533 g/mol. The molecular weight excluding hydrogens is 514 g/mol. The van der Waals surface area contributed by atoms with E-state index in [1.807, 2.05) is 37.3 Å². The highest BCUT2D eigenvalue weighted by molar-refractivity contribution is 5.74. The second kappa shape index (κ2) is 9.47. The number of aromatic nitrogens is 5.